The summed E-state index contributed by atoms with van der Waals surface area (Å²) in [5, 5.41) is 24.8. The van der Waals surface area contributed by atoms with E-state index < -0.39 is 0 Å². The molecule has 0 aliphatic rings. The van der Waals surface area contributed by atoms with Gasteiger partial charge in [-0.05, 0) is 102 Å². The van der Waals surface area contributed by atoms with Gasteiger partial charge in [0.15, 0.2) is 52.4 Å². The van der Waals surface area contributed by atoms with Crippen LogP contribution in [0.2, 0.25) is 0 Å². The Balaban J connectivity index is 0.867. The average Bonchev–Trinajstić information content (AvgIpc) is 1.58. The van der Waals surface area contributed by atoms with Crippen LogP contribution in [0.15, 0.2) is 297 Å². The standard InChI is InChI=1S/C83H49N13/c84-50-52-21-20-32-59(45-52)60-38-42-66(74(49-60)96-70-36-19-17-34-64(70)68-48-62(40-44-72(68)96)81-90-77(56-26-10-3-11-27-56)87-78(91-81)57-28-12-4-13-29-57)83-93-79(58-30-14-5-15-31-58)92-82(94-83)65-41-37-53(51-85)46-73(65)95-69-35-18-16-33-63(69)67-47-61(39-43-71(67)95)80-88-75(54-22-6-1-7-23-54)86-76(89-80)55-24-8-2-9-25-55/h1-49H. The second-order valence-electron chi connectivity index (χ2n) is 23.2. The second-order valence-corrected chi connectivity index (χ2v) is 23.2. The van der Waals surface area contributed by atoms with E-state index in [0.29, 0.717) is 80.4 Å². The highest BCUT2D eigenvalue weighted by atomic mass is 15.1. The molecule has 0 spiro atoms. The molecular formula is C83H49N13. The van der Waals surface area contributed by atoms with Gasteiger partial charge in [0.25, 0.3) is 0 Å². The zero-order valence-electron chi connectivity index (χ0n) is 51.1. The first-order chi connectivity index (χ1) is 47.5. The minimum absolute atomic E-state index is 0.388. The molecule has 0 aliphatic carbocycles. The number of nitriles is 2. The van der Waals surface area contributed by atoms with E-state index in [1.165, 1.54) is 0 Å². The lowest BCUT2D eigenvalue weighted by Gasteiger charge is -2.18. The smallest absolute Gasteiger partial charge is 0.166 e. The molecule has 0 N–H and O–H groups in total. The topological polar surface area (TPSA) is 173 Å². The summed E-state index contributed by atoms with van der Waals surface area (Å²) in [6.45, 7) is 0. The molecular weight excluding hydrogens is 1180 g/mol. The highest BCUT2D eigenvalue weighted by molar-refractivity contribution is 6.12. The Labute approximate surface area is 550 Å². The van der Waals surface area contributed by atoms with Crippen molar-refractivity contribution in [1.29, 1.82) is 10.5 Å². The van der Waals surface area contributed by atoms with Crippen molar-refractivity contribution < 1.29 is 0 Å². The summed E-state index contributed by atoms with van der Waals surface area (Å²) in [4.78, 5) is 46.8. The molecule has 0 bridgehead atoms. The van der Waals surface area contributed by atoms with E-state index in [2.05, 4.69) is 106 Å². The van der Waals surface area contributed by atoms with Crippen LogP contribution in [0.1, 0.15) is 11.1 Å². The maximum absolute atomic E-state index is 10.7. The van der Waals surface area contributed by atoms with Gasteiger partial charge in [0.1, 0.15) is 0 Å². The van der Waals surface area contributed by atoms with Gasteiger partial charge in [-0.3, -0.25) is 0 Å². The maximum Gasteiger partial charge on any atom is 0.166 e. The van der Waals surface area contributed by atoms with E-state index in [1.54, 1.807) is 0 Å². The third-order valence-electron chi connectivity index (χ3n) is 17.3. The minimum Gasteiger partial charge on any atom is -0.308 e. The van der Waals surface area contributed by atoms with Gasteiger partial charge in [0, 0.05) is 71.6 Å². The third kappa shape index (κ3) is 10.2. The fourth-order valence-electron chi connectivity index (χ4n) is 12.8. The van der Waals surface area contributed by atoms with Crippen molar-refractivity contribution in [1.82, 2.24) is 54.0 Å². The largest absolute Gasteiger partial charge is 0.308 e. The van der Waals surface area contributed by atoms with E-state index in [4.69, 9.17) is 44.9 Å². The SMILES string of the molecule is N#Cc1cccc(-c2ccc(-c3nc(-c4ccccc4)nc(-c4ccc(C#N)cc4-n4c5ccccc5c5cc(-c6nc(-c7ccccc7)nc(-c7ccccc7)n6)ccc54)n3)c(-n3c4ccccc4c4cc(-c5nc(-c6ccccc6)nc(-c6ccccc6)n5)ccc43)c2)c1. The molecule has 0 amide bonds. The van der Waals surface area contributed by atoms with Crippen molar-refractivity contribution in [2.45, 2.75) is 0 Å². The van der Waals surface area contributed by atoms with Crippen molar-refractivity contribution in [2.24, 2.45) is 0 Å². The summed E-state index contributed by atoms with van der Waals surface area (Å²) in [6, 6.07) is 104. The molecule has 0 saturated carbocycles. The number of aromatic nitrogens is 11. The van der Waals surface area contributed by atoms with Crippen molar-refractivity contribution in [3.8, 4) is 137 Å². The highest BCUT2D eigenvalue weighted by Crippen LogP contribution is 2.43. The molecule has 5 heterocycles. The normalized spacial score (nSPS) is 11.3. The predicted octanol–water partition coefficient (Wildman–Crippen LogP) is 18.8. The molecule has 13 heteroatoms. The first-order valence-electron chi connectivity index (χ1n) is 31.3. The number of fused-ring (bicyclic) bond motifs is 6. The number of hydrogen-bond acceptors (Lipinski definition) is 11. The summed E-state index contributed by atoms with van der Waals surface area (Å²) in [7, 11) is 0. The monoisotopic (exact) mass is 1230 g/mol. The Morgan fingerprint density at radius 3 is 0.927 bits per heavy atom. The van der Waals surface area contributed by atoms with Crippen LogP contribution in [-0.4, -0.2) is 54.0 Å². The molecule has 0 unspecified atom stereocenters. The molecule has 0 radical (unpaired) electrons. The van der Waals surface area contributed by atoms with E-state index in [-0.39, 0.29) is 0 Å². The molecule has 17 rings (SSSR count). The van der Waals surface area contributed by atoms with Gasteiger partial charge in [0.05, 0.1) is 56.7 Å². The van der Waals surface area contributed by atoms with Crippen molar-refractivity contribution >= 4 is 43.6 Å². The molecule has 13 nitrogen and oxygen atoms in total. The summed E-state index contributed by atoms with van der Waals surface area (Å²) in [5.41, 5.74) is 15.2. The third-order valence-corrected chi connectivity index (χ3v) is 17.3. The van der Waals surface area contributed by atoms with Gasteiger partial charge < -0.3 is 9.13 Å². The molecule has 12 aromatic carbocycles. The summed E-state index contributed by atoms with van der Waals surface area (Å²) in [5.74, 6) is 4.59. The summed E-state index contributed by atoms with van der Waals surface area (Å²) in [6.07, 6.45) is 0. The Morgan fingerprint density at radius 2 is 0.510 bits per heavy atom. The Hall–Kier alpha value is -13.8. The van der Waals surface area contributed by atoms with E-state index >= 15 is 0 Å². The van der Waals surface area contributed by atoms with Gasteiger partial charge in [-0.2, -0.15) is 10.5 Å². The first kappa shape index (κ1) is 56.2. The fourth-order valence-corrected chi connectivity index (χ4v) is 12.8. The second kappa shape index (κ2) is 23.8. The van der Waals surface area contributed by atoms with Gasteiger partial charge in [-0.25, -0.2) is 44.9 Å². The molecule has 17 aromatic rings. The molecule has 0 fully saturated rings. The van der Waals surface area contributed by atoms with Gasteiger partial charge >= 0.3 is 0 Å². The number of rotatable bonds is 12. The Bertz CT molecular complexity index is 5860. The van der Waals surface area contributed by atoms with Gasteiger partial charge in [-0.15, -0.1) is 0 Å². The molecule has 96 heavy (non-hydrogen) atoms. The van der Waals surface area contributed by atoms with Crippen molar-refractivity contribution in [2.75, 3.05) is 0 Å². The highest BCUT2D eigenvalue weighted by Gasteiger charge is 2.25. The van der Waals surface area contributed by atoms with Crippen LogP contribution in [-0.2, 0) is 0 Å². The number of benzene rings is 12. The molecule has 0 atom stereocenters. The number of hydrogen-bond donors (Lipinski definition) is 0. The van der Waals surface area contributed by atoms with E-state index in [0.717, 1.165) is 99.4 Å². The van der Waals surface area contributed by atoms with Crippen LogP contribution in [0.4, 0.5) is 0 Å². The van der Waals surface area contributed by atoms with Crippen LogP contribution in [0, 0.1) is 22.7 Å². The minimum atomic E-state index is 0.388. The molecule has 0 aliphatic heterocycles. The van der Waals surface area contributed by atoms with E-state index in [9.17, 15) is 10.5 Å². The Morgan fingerprint density at radius 1 is 0.208 bits per heavy atom. The van der Waals surface area contributed by atoms with Gasteiger partial charge in [-0.1, -0.05) is 206 Å². The lowest BCUT2D eigenvalue weighted by Crippen LogP contribution is -2.06. The Kier molecular flexibility index (Phi) is 13.9. The van der Waals surface area contributed by atoms with Crippen molar-refractivity contribution in [3.63, 3.8) is 0 Å². The van der Waals surface area contributed by atoms with Crippen LogP contribution in [0.3, 0.4) is 0 Å². The lowest BCUT2D eigenvalue weighted by molar-refractivity contribution is 1.06. The van der Waals surface area contributed by atoms with Crippen LogP contribution in [0.5, 0.6) is 0 Å². The quantitative estimate of drug-likeness (QED) is 0.114. The lowest BCUT2D eigenvalue weighted by atomic mass is 10.00. The number of para-hydroxylation sites is 2. The summed E-state index contributed by atoms with van der Waals surface area (Å²) < 4.78 is 4.46. The molecule has 0 saturated heterocycles. The molecule has 446 valence electrons. The number of nitrogens with zero attached hydrogens (tertiary/aromatic N) is 13. The zero-order valence-corrected chi connectivity index (χ0v) is 51.1. The van der Waals surface area contributed by atoms with Gasteiger partial charge in [0.2, 0.25) is 0 Å². The van der Waals surface area contributed by atoms with Crippen LogP contribution in [0.25, 0.3) is 169 Å². The summed E-state index contributed by atoms with van der Waals surface area (Å²) >= 11 is 0. The predicted molar refractivity (Wildman–Crippen MR) is 379 cm³/mol. The zero-order chi connectivity index (χ0) is 64.1. The maximum atomic E-state index is 10.7. The fraction of sp³-hybridized carbons (Fsp3) is 0. The van der Waals surface area contributed by atoms with Crippen LogP contribution >= 0.6 is 0 Å². The molecule has 5 aromatic heterocycles. The first-order valence-corrected chi connectivity index (χ1v) is 31.3. The van der Waals surface area contributed by atoms with Crippen LogP contribution < -0.4 is 0 Å². The van der Waals surface area contributed by atoms with Crippen molar-refractivity contribution in [3.05, 3.63) is 308 Å². The van der Waals surface area contributed by atoms with E-state index in [1.807, 2.05) is 212 Å². The average molecular weight is 1230 g/mol.